The van der Waals surface area contributed by atoms with Gasteiger partial charge in [-0.2, -0.15) is 0 Å². The van der Waals surface area contributed by atoms with E-state index in [2.05, 4.69) is 4.74 Å². The van der Waals surface area contributed by atoms with Gasteiger partial charge in [0.2, 0.25) is 0 Å². The second-order valence-corrected chi connectivity index (χ2v) is 13.9. The van der Waals surface area contributed by atoms with E-state index in [0.717, 1.165) is 7.11 Å². The molecule has 19 atom stereocenters. The monoisotopic (exact) mass is 726 g/mol. The van der Waals surface area contributed by atoms with Crippen molar-refractivity contribution in [3.8, 4) is 0 Å². The molecule has 2 aliphatic carbocycles. The van der Waals surface area contributed by atoms with Crippen LogP contribution in [-0.2, 0) is 42.7 Å². The maximum atomic E-state index is 12.3. The molecule has 3 saturated heterocycles. The van der Waals surface area contributed by atoms with Gasteiger partial charge in [0.1, 0.15) is 61.9 Å². The van der Waals surface area contributed by atoms with Gasteiger partial charge < -0.3 is 84.2 Å². The summed E-state index contributed by atoms with van der Waals surface area (Å²) >= 11 is 0. The maximum Gasteiger partial charge on any atom is 0.317 e. The molecule has 0 aromatic heterocycles. The van der Waals surface area contributed by atoms with Crippen LogP contribution in [0, 0.1) is 11.8 Å². The molecule has 288 valence electrons. The minimum Gasteiger partial charge on any atom is -0.469 e. The standard InChI is InChI=1S/C31H50O19/c1-44-21(37)8-22(38)45-10-20-24(40)29(50-30-26(42)25(41)23(39)19(9-32)48-30)27(43)31(49-20)47-18-7-13-15(35)5-12(33)6-17(13)46-28(18)11-2-3-14(34)16(36)4-11/h11-20,23-36,39-43H,2-10H2,1H3/t11?,12?,13?,14?,15?,16?,17?,18?,19-,20-,23-,24-,25+,26-,27-,28?,29+,30+,31-/m1/s1. The van der Waals surface area contributed by atoms with E-state index >= 15 is 0 Å². The predicted molar refractivity (Wildman–Crippen MR) is 159 cm³/mol. The molecule has 5 rings (SSSR count). The van der Waals surface area contributed by atoms with Crippen molar-refractivity contribution < 1.29 is 93.8 Å². The van der Waals surface area contributed by atoms with E-state index < -0.39 is 142 Å². The summed E-state index contributed by atoms with van der Waals surface area (Å²) in [7, 11) is 1.07. The smallest absolute Gasteiger partial charge is 0.317 e. The number of aliphatic hydroxyl groups excluding tert-OH is 10. The van der Waals surface area contributed by atoms with Crippen molar-refractivity contribution >= 4 is 11.9 Å². The maximum absolute atomic E-state index is 12.3. The molecule has 0 aromatic rings. The molecule has 0 radical (unpaired) electrons. The third kappa shape index (κ3) is 8.75. The van der Waals surface area contributed by atoms with Gasteiger partial charge in [-0.3, -0.25) is 9.59 Å². The molecule has 5 fully saturated rings. The van der Waals surface area contributed by atoms with Gasteiger partial charge in [-0.1, -0.05) is 0 Å². The Bertz CT molecular complexity index is 1130. The number of esters is 2. The summed E-state index contributed by atoms with van der Waals surface area (Å²) < 4.78 is 39.4. The average Bonchev–Trinajstić information content (AvgIpc) is 3.08. The van der Waals surface area contributed by atoms with Crippen LogP contribution in [0.3, 0.4) is 0 Å². The molecule has 9 unspecified atom stereocenters. The van der Waals surface area contributed by atoms with Gasteiger partial charge in [-0.15, -0.1) is 0 Å². The molecule has 0 spiro atoms. The zero-order valence-electron chi connectivity index (χ0n) is 27.5. The molecule has 2 saturated carbocycles. The van der Waals surface area contributed by atoms with Crippen LogP contribution in [0.4, 0.5) is 0 Å². The van der Waals surface area contributed by atoms with E-state index in [-0.39, 0.29) is 38.0 Å². The molecule has 10 N–H and O–H groups in total. The predicted octanol–water partition coefficient (Wildman–Crippen LogP) is -5.08. The molecule has 50 heavy (non-hydrogen) atoms. The summed E-state index contributed by atoms with van der Waals surface area (Å²) in [6, 6.07) is 0. The number of carbonyl (C=O) groups excluding carboxylic acids is 2. The summed E-state index contributed by atoms with van der Waals surface area (Å²) in [4.78, 5) is 23.8. The first-order chi connectivity index (χ1) is 23.7. The highest BCUT2D eigenvalue weighted by Gasteiger charge is 2.54. The number of carbonyl (C=O) groups is 2. The fraction of sp³-hybridized carbons (Fsp3) is 0.935. The third-order valence-corrected chi connectivity index (χ3v) is 10.5. The van der Waals surface area contributed by atoms with Crippen LogP contribution < -0.4 is 0 Å². The van der Waals surface area contributed by atoms with Crippen LogP contribution in [0.5, 0.6) is 0 Å². The number of rotatable bonds is 10. The molecule has 0 amide bonds. The fourth-order valence-electron chi connectivity index (χ4n) is 7.64. The van der Waals surface area contributed by atoms with Crippen LogP contribution in [0.15, 0.2) is 0 Å². The number of hydrogen-bond acceptors (Lipinski definition) is 19. The molecule has 0 aromatic carbocycles. The van der Waals surface area contributed by atoms with Gasteiger partial charge in [0, 0.05) is 5.92 Å². The Morgan fingerprint density at radius 3 is 2.06 bits per heavy atom. The lowest BCUT2D eigenvalue weighted by molar-refractivity contribution is -0.370. The second kappa shape index (κ2) is 17.0. The molecule has 19 heteroatoms. The lowest BCUT2D eigenvalue weighted by Gasteiger charge is -2.51. The number of ether oxygens (including phenoxy) is 7. The van der Waals surface area contributed by atoms with Crippen molar-refractivity contribution in [3.05, 3.63) is 0 Å². The van der Waals surface area contributed by atoms with E-state index in [1.54, 1.807) is 0 Å². The Hall–Kier alpha value is -1.66. The molecular formula is C31H50O19. The van der Waals surface area contributed by atoms with Gasteiger partial charge in [-0.25, -0.2) is 0 Å². The normalized spacial score (nSPS) is 48.3. The Morgan fingerprint density at radius 2 is 1.38 bits per heavy atom. The minimum atomic E-state index is -1.91. The fourth-order valence-corrected chi connectivity index (χ4v) is 7.64. The van der Waals surface area contributed by atoms with E-state index in [0.29, 0.717) is 6.42 Å². The number of methoxy groups -OCH3 is 1. The Balaban J connectivity index is 1.39. The first-order valence-corrected chi connectivity index (χ1v) is 16.9. The summed E-state index contributed by atoms with van der Waals surface area (Å²) in [5, 5.41) is 105. The van der Waals surface area contributed by atoms with Crippen molar-refractivity contribution in [2.24, 2.45) is 11.8 Å². The lowest BCUT2D eigenvalue weighted by atomic mass is 9.72. The number of fused-ring (bicyclic) bond motifs is 1. The summed E-state index contributed by atoms with van der Waals surface area (Å²) in [5.41, 5.74) is 0. The van der Waals surface area contributed by atoms with Gasteiger partial charge in [0.15, 0.2) is 12.6 Å². The quantitative estimate of drug-likeness (QED) is 0.0744. The first kappa shape index (κ1) is 39.5. The van der Waals surface area contributed by atoms with Crippen LogP contribution in [0.25, 0.3) is 0 Å². The Labute approximate surface area is 287 Å². The summed E-state index contributed by atoms with van der Waals surface area (Å²) in [6.07, 6.45) is -22.7. The highest BCUT2D eigenvalue weighted by atomic mass is 16.7. The molecule has 19 nitrogen and oxygen atoms in total. The lowest BCUT2D eigenvalue weighted by Crippen LogP contribution is -2.66. The molecule has 3 heterocycles. The zero-order valence-corrected chi connectivity index (χ0v) is 27.5. The molecule has 0 bridgehead atoms. The van der Waals surface area contributed by atoms with Crippen molar-refractivity contribution in [2.45, 2.75) is 149 Å². The topological polar surface area (TPSA) is 301 Å². The largest absolute Gasteiger partial charge is 0.469 e. The van der Waals surface area contributed by atoms with Crippen molar-refractivity contribution in [3.63, 3.8) is 0 Å². The summed E-state index contributed by atoms with van der Waals surface area (Å²) in [6.45, 7) is -1.47. The average molecular weight is 727 g/mol. The highest BCUT2D eigenvalue weighted by Crippen LogP contribution is 2.43. The van der Waals surface area contributed by atoms with Crippen molar-refractivity contribution in [2.75, 3.05) is 20.3 Å². The third-order valence-electron chi connectivity index (χ3n) is 10.5. The van der Waals surface area contributed by atoms with Gasteiger partial charge in [0.25, 0.3) is 0 Å². The van der Waals surface area contributed by atoms with Gasteiger partial charge >= 0.3 is 11.9 Å². The van der Waals surface area contributed by atoms with Crippen LogP contribution in [0.2, 0.25) is 0 Å². The van der Waals surface area contributed by atoms with E-state index in [1.807, 2.05) is 0 Å². The molecule has 5 aliphatic rings. The zero-order chi connectivity index (χ0) is 36.4. The first-order valence-electron chi connectivity index (χ1n) is 16.9. The highest BCUT2D eigenvalue weighted by molar-refractivity contribution is 5.91. The second-order valence-electron chi connectivity index (χ2n) is 13.9. The van der Waals surface area contributed by atoms with E-state index in [9.17, 15) is 60.7 Å². The molecule has 3 aliphatic heterocycles. The van der Waals surface area contributed by atoms with Gasteiger partial charge in [-0.05, 0) is 44.4 Å². The van der Waals surface area contributed by atoms with E-state index in [4.69, 9.17) is 28.4 Å². The molecular weight excluding hydrogens is 676 g/mol. The SMILES string of the molecule is COC(=O)CC(=O)OC[C@H]1O[C@@H](OC2CC3C(O)CC(O)CC3OC2C2CCC(O)C(O)C2)[C@H](O)[C@@H](O[C@@H]2O[C@H](CO)[C@@H](O)[C@H](O)[C@H]2O)[C@@H]1O. The van der Waals surface area contributed by atoms with Crippen LogP contribution in [0.1, 0.15) is 44.9 Å². The number of hydrogen-bond donors (Lipinski definition) is 10. The Kier molecular flexibility index (Phi) is 13.4. The van der Waals surface area contributed by atoms with Crippen molar-refractivity contribution in [1.29, 1.82) is 0 Å². The van der Waals surface area contributed by atoms with E-state index in [1.165, 1.54) is 0 Å². The number of aliphatic hydroxyl groups is 10. The van der Waals surface area contributed by atoms with Gasteiger partial charge in [0.05, 0.1) is 56.4 Å². The van der Waals surface area contributed by atoms with Crippen LogP contribution in [-0.4, -0.2) is 187 Å². The summed E-state index contributed by atoms with van der Waals surface area (Å²) in [5.74, 6) is -2.78. The van der Waals surface area contributed by atoms with Crippen molar-refractivity contribution in [1.82, 2.24) is 0 Å². The Morgan fingerprint density at radius 1 is 0.680 bits per heavy atom. The minimum absolute atomic E-state index is 0.0963. The van der Waals surface area contributed by atoms with Crippen LogP contribution >= 0.6 is 0 Å².